The Morgan fingerprint density at radius 1 is 0.583 bits per heavy atom. The minimum absolute atomic E-state index is 1.05. The monoisotopic (exact) mass is 159 g/mol. The molecule has 3 aliphatic rings. The van der Waals surface area contributed by atoms with Crippen LogP contribution in [0.2, 0.25) is 0 Å². The summed E-state index contributed by atoms with van der Waals surface area (Å²) in [7, 11) is 0. The summed E-state index contributed by atoms with van der Waals surface area (Å²) in [6.45, 7) is 3.16. The molecule has 1 aromatic carbocycles. The third-order valence-electron chi connectivity index (χ3n) is 3.14. The molecule has 60 valence electrons. The fraction of sp³-hybridized carbons (Fsp3) is 0.333. The van der Waals surface area contributed by atoms with Crippen molar-refractivity contribution in [1.82, 2.24) is 0 Å². The Morgan fingerprint density at radius 2 is 0.917 bits per heavy atom. The Kier molecular flexibility index (Phi) is 0.617. The lowest BCUT2D eigenvalue weighted by molar-refractivity contribution is 0.902. The second-order valence-corrected chi connectivity index (χ2v) is 3.62. The van der Waals surface area contributed by atoms with Gasteiger partial charge in [0.25, 0.3) is 0 Å². The summed E-state index contributed by atoms with van der Waals surface area (Å²) in [5.74, 6) is 0. The van der Waals surface area contributed by atoms with Gasteiger partial charge >= 0.3 is 0 Å². The molecule has 3 N–H and O–H groups in total. The van der Waals surface area contributed by atoms with Crippen LogP contribution >= 0.6 is 0 Å². The van der Waals surface area contributed by atoms with Crippen molar-refractivity contribution in [3.63, 3.8) is 0 Å². The van der Waals surface area contributed by atoms with Gasteiger partial charge in [0, 0.05) is 53.4 Å². The Balaban J connectivity index is 2.17. The summed E-state index contributed by atoms with van der Waals surface area (Å²) in [4.78, 5) is 0. The van der Waals surface area contributed by atoms with Crippen LogP contribution in [0.5, 0.6) is 0 Å². The molecule has 0 atom stereocenters. The molecule has 3 heteroatoms. The van der Waals surface area contributed by atoms with Gasteiger partial charge in [0.2, 0.25) is 0 Å². The van der Waals surface area contributed by atoms with Gasteiger partial charge in [0.05, 0.1) is 0 Å². The molecule has 0 spiro atoms. The summed E-state index contributed by atoms with van der Waals surface area (Å²) >= 11 is 0. The molecule has 0 radical (unpaired) electrons. The highest BCUT2D eigenvalue weighted by atomic mass is 15.1. The zero-order valence-electron chi connectivity index (χ0n) is 6.62. The predicted octanol–water partition coefficient (Wildman–Crippen LogP) is 1.46. The number of rotatable bonds is 0. The Morgan fingerprint density at radius 3 is 1.08 bits per heavy atom. The molecule has 3 heterocycles. The fourth-order valence-corrected chi connectivity index (χ4v) is 2.30. The van der Waals surface area contributed by atoms with E-state index in [1.807, 2.05) is 0 Å². The van der Waals surface area contributed by atoms with Gasteiger partial charge in [-0.1, -0.05) is 0 Å². The van der Waals surface area contributed by atoms with Crippen molar-refractivity contribution in [2.75, 3.05) is 16.0 Å². The molecule has 12 heavy (non-hydrogen) atoms. The van der Waals surface area contributed by atoms with E-state index in [0.29, 0.717) is 0 Å². The van der Waals surface area contributed by atoms with Gasteiger partial charge in [-0.15, -0.1) is 0 Å². The quantitative estimate of drug-likeness (QED) is 0.536. The lowest BCUT2D eigenvalue weighted by atomic mass is 9.85. The van der Waals surface area contributed by atoms with E-state index in [4.69, 9.17) is 0 Å². The zero-order valence-corrected chi connectivity index (χ0v) is 6.62. The predicted molar refractivity (Wildman–Crippen MR) is 48.4 cm³/mol. The van der Waals surface area contributed by atoms with Crippen molar-refractivity contribution in [3.05, 3.63) is 16.7 Å². The van der Waals surface area contributed by atoms with Crippen LogP contribution in [0, 0.1) is 0 Å². The first-order valence-corrected chi connectivity index (χ1v) is 4.37. The first-order valence-electron chi connectivity index (χ1n) is 4.37. The maximum absolute atomic E-state index is 3.37. The average molecular weight is 159 g/mol. The molecule has 0 saturated heterocycles. The summed E-state index contributed by atoms with van der Waals surface area (Å²) < 4.78 is 0. The molecule has 0 aliphatic carbocycles. The Hall–Kier alpha value is -1.38. The van der Waals surface area contributed by atoms with Crippen molar-refractivity contribution in [2.24, 2.45) is 0 Å². The SMILES string of the molecule is C1Nc2c1c1c(c3c2CN3)CN1. The van der Waals surface area contributed by atoms with Gasteiger partial charge < -0.3 is 16.0 Å². The van der Waals surface area contributed by atoms with Crippen LogP contribution in [0.3, 0.4) is 0 Å². The molecule has 1 aromatic rings. The van der Waals surface area contributed by atoms with Crippen molar-refractivity contribution >= 4 is 17.1 Å². The normalized spacial score (nSPS) is 19.0. The van der Waals surface area contributed by atoms with Crippen LogP contribution in [0.25, 0.3) is 0 Å². The highest BCUT2D eigenvalue weighted by Crippen LogP contribution is 2.51. The summed E-state index contributed by atoms with van der Waals surface area (Å²) in [6, 6.07) is 0. The minimum Gasteiger partial charge on any atom is -0.380 e. The second kappa shape index (κ2) is 1.40. The summed E-state index contributed by atoms with van der Waals surface area (Å²) in [5, 5.41) is 10.1. The fourth-order valence-electron chi connectivity index (χ4n) is 2.30. The average Bonchev–Trinajstić information content (AvgIpc) is 1.96. The van der Waals surface area contributed by atoms with E-state index in [2.05, 4.69) is 16.0 Å². The standard InChI is InChI=1S/C9H9N3/c1-4-7(10-1)5-2-12-9(5)6-3-11-8(4)6/h10-12H,1-3H2. The highest BCUT2D eigenvalue weighted by Gasteiger charge is 2.34. The van der Waals surface area contributed by atoms with Crippen molar-refractivity contribution in [2.45, 2.75) is 19.6 Å². The van der Waals surface area contributed by atoms with Crippen LogP contribution in [-0.4, -0.2) is 0 Å². The third kappa shape index (κ3) is 0.354. The lowest BCUT2D eigenvalue weighted by Crippen LogP contribution is -2.32. The number of hydrogen-bond acceptors (Lipinski definition) is 3. The Labute approximate surface area is 70.2 Å². The molecular formula is C9H9N3. The number of benzene rings is 1. The van der Waals surface area contributed by atoms with E-state index in [1.165, 1.54) is 33.8 Å². The van der Waals surface area contributed by atoms with E-state index in [-0.39, 0.29) is 0 Å². The van der Waals surface area contributed by atoms with Gasteiger partial charge in [-0.05, 0) is 0 Å². The number of anilines is 3. The maximum Gasteiger partial charge on any atom is 0.0486 e. The zero-order chi connectivity index (χ0) is 7.71. The van der Waals surface area contributed by atoms with Crippen LogP contribution in [-0.2, 0) is 19.6 Å². The summed E-state index contributed by atoms with van der Waals surface area (Å²) in [6.07, 6.45) is 0. The van der Waals surface area contributed by atoms with E-state index < -0.39 is 0 Å². The van der Waals surface area contributed by atoms with Crippen LogP contribution in [0.1, 0.15) is 16.7 Å². The third-order valence-corrected chi connectivity index (χ3v) is 3.14. The topological polar surface area (TPSA) is 36.1 Å². The van der Waals surface area contributed by atoms with Gasteiger partial charge in [-0.2, -0.15) is 0 Å². The van der Waals surface area contributed by atoms with E-state index in [0.717, 1.165) is 19.6 Å². The largest absolute Gasteiger partial charge is 0.380 e. The molecule has 0 saturated carbocycles. The molecule has 0 fully saturated rings. The van der Waals surface area contributed by atoms with Crippen LogP contribution in [0.15, 0.2) is 0 Å². The van der Waals surface area contributed by atoms with Gasteiger partial charge in [0.15, 0.2) is 0 Å². The molecule has 0 amide bonds. The van der Waals surface area contributed by atoms with E-state index in [9.17, 15) is 0 Å². The highest BCUT2D eigenvalue weighted by molar-refractivity contribution is 5.92. The van der Waals surface area contributed by atoms with Crippen LogP contribution < -0.4 is 16.0 Å². The molecule has 3 aliphatic heterocycles. The molecule has 0 bridgehead atoms. The maximum atomic E-state index is 3.37. The number of nitrogens with one attached hydrogen (secondary N) is 3. The lowest BCUT2D eigenvalue weighted by Gasteiger charge is -2.41. The van der Waals surface area contributed by atoms with Crippen LogP contribution in [0.4, 0.5) is 17.1 Å². The first-order chi connectivity index (χ1) is 5.95. The molecular weight excluding hydrogens is 150 g/mol. The van der Waals surface area contributed by atoms with Crippen molar-refractivity contribution in [1.29, 1.82) is 0 Å². The summed E-state index contributed by atoms with van der Waals surface area (Å²) in [5.41, 5.74) is 8.73. The molecule has 3 nitrogen and oxygen atoms in total. The van der Waals surface area contributed by atoms with Gasteiger partial charge in [-0.3, -0.25) is 0 Å². The molecule has 0 aromatic heterocycles. The van der Waals surface area contributed by atoms with E-state index >= 15 is 0 Å². The Bertz CT molecular complexity index is 288. The van der Waals surface area contributed by atoms with Crippen molar-refractivity contribution in [3.8, 4) is 0 Å². The van der Waals surface area contributed by atoms with E-state index in [1.54, 1.807) is 0 Å². The molecule has 4 rings (SSSR count). The molecule has 0 unspecified atom stereocenters. The van der Waals surface area contributed by atoms with Gasteiger partial charge in [0.1, 0.15) is 0 Å². The minimum atomic E-state index is 1.05. The smallest absolute Gasteiger partial charge is 0.0486 e. The van der Waals surface area contributed by atoms with Gasteiger partial charge in [-0.25, -0.2) is 0 Å². The number of hydrogen-bond donors (Lipinski definition) is 3. The van der Waals surface area contributed by atoms with Crippen molar-refractivity contribution < 1.29 is 0 Å². The first kappa shape index (κ1) is 5.30. The number of fused-ring (bicyclic) bond motifs is 6. The second-order valence-electron chi connectivity index (χ2n) is 3.62.